The molecule has 0 bridgehead atoms. The van der Waals surface area contributed by atoms with Crippen molar-refractivity contribution in [2.24, 2.45) is 0 Å². The second-order valence-electron chi connectivity index (χ2n) is 7.04. The predicted molar refractivity (Wildman–Crippen MR) is 104 cm³/mol. The number of carbonyl (C=O) groups is 1. The fraction of sp³-hybridized carbons (Fsp3) is 0.400. The van der Waals surface area contributed by atoms with Gasteiger partial charge < -0.3 is 0 Å². The third kappa shape index (κ3) is 4.46. The summed E-state index contributed by atoms with van der Waals surface area (Å²) in [6.07, 6.45) is 1.70. The van der Waals surface area contributed by atoms with Gasteiger partial charge in [0.25, 0.3) is 5.91 Å². The number of hydrogen-bond acceptors (Lipinski definition) is 5. The van der Waals surface area contributed by atoms with Crippen LogP contribution >= 0.6 is 0 Å². The molecule has 1 saturated heterocycles. The van der Waals surface area contributed by atoms with E-state index in [4.69, 9.17) is 5.21 Å². The Balaban J connectivity index is 0.00000196. The maximum Gasteiger partial charge on any atom is 0.293 e. The van der Waals surface area contributed by atoms with Crippen molar-refractivity contribution in [2.75, 3.05) is 13.1 Å². The molecule has 2 heterocycles. The highest BCUT2D eigenvalue weighted by molar-refractivity contribution is 5.91. The first-order valence-electron chi connectivity index (χ1n) is 8.98. The Morgan fingerprint density at radius 1 is 1.12 bits per heavy atom. The lowest BCUT2D eigenvalue weighted by molar-refractivity contribution is 0.0290. The lowest BCUT2D eigenvalue weighted by Crippen LogP contribution is -2.55. The van der Waals surface area contributed by atoms with Gasteiger partial charge in [0.2, 0.25) is 0 Å². The Morgan fingerprint density at radius 3 is 2.38 bits per heavy atom. The normalized spacial score (nSPS) is 21.5. The first kappa shape index (κ1) is 18.5. The van der Waals surface area contributed by atoms with E-state index in [2.05, 4.69) is 59.0 Å². The van der Waals surface area contributed by atoms with Crippen LogP contribution in [0.5, 0.6) is 0 Å². The molecule has 6 nitrogen and oxygen atoms in total. The smallest absolute Gasteiger partial charge is 0.293 e. The van der Waals surface area contributed by atoms with Gasteiger partial charge >= 0.3 is 0 Å². The molecule has 26 heavy (non-hydrogen) atoms. The Labute approximate surface area is 157 Å². The molecule has 1 aromatic heterocycles. The minimum Gasteiger partial charge on any atom is -0.296 e. The van der Waals surface area contributed by atoms with Crippen LogP contribution in [0.4, 0.5) is 0 Å². The zero-order chi connectivity index (χ0) is 18.5. The Morgan fingerprint density at radius 2 is 1.81 bits per heavy atom. The average molecular weight is 358 g/mol. The van der Waals surface area contributed by atoms with Crippen LogP contribution < -0.4 is 5.48 Å². The van der Waals surface area contributed by atoms with Crippen LogP contribution in [-0.4, -0.2) is 51.1 Å². The maximum atomic E-state index is 11.3. The van der Waals surface area contributed by atoms with E-state index >= 15 is 0 Å². The van der Waals surface area contributed by atoms with E-state index in [0.717, 1.165) is 31.7 Å². The third-order valence-corrected chi connectivity index (χ3v) is 4.95. The summed E-state index contributed by atoms with van der Waals surface area (Å²) >= 11 is 0. The van der Waals surface area contributed by atoms with Gasteiger partial charge in [0, 0.05) is 47.3 Å². The lowest BCUT2D eigenvalue weighted by atomic mass is 10.1. The summed E-state index contributed by atoms with van der Waals surface area (Å²) in [5.41, 5.74) is 4.23. The highest BCUT2D eigenvalue weighted by Crippen LogP contribution is 2.20. The minimum absolute atomic E-state index is 0. The zero-order valence-corrected chi connectivity index (χ0v) is 15.3. The van der Waals surface area contributed by atoms with E-state index in [1.807, 2.05) is 6.07 Å². The molecule has 0 saturated carbocycles. The highest BCUT2D eigenvalue weighted by Gasteiger charge is 2.29. The first-order chi connectivity index (χ1) is 12.6. The number of hydrogen-bond donors (Lipinski definition) is 2. The van der Waals surface area contributed by atoms with E-state index in [9.17, 15) is 4.79 Å². The number of benzene rings is 1. The van der Waals surface area contributed by atoms with Crippen molar-refractivity contribution in [3.8, 4) is 0 Å². The Hall–Kier alpha value is -2.28. The van der Waals surface area contributed by atoms with Gasteiger partial charge in [-0.2, -0.15) is 0 Å². The quantitative estimate of drug-likeness (QED) is 0.635. The summed E-state index contributed by atoms with van der Waals surface area (Å²) in [5, 5.41) is 8.66. The molecule has 1 amide bonds. The average Bonchev–Trinajstić information content (AvgIpc) is 2.65. The Bertz CT molecular complexity index is 719. The van der Waals surface area contributed by atoms with Gasteiger partial charge in [0.15, 0.2) is 0 Å². The molecule has 0 aliphatic carbocycles. The van der Waals surface area contributed by atoms with Gasteiger partial charge in [-0.3, -0.25) is 24.8 Å². The number of piperazine rings is 1. The second kappa shape index (κ2) is 8.40. The first-order valence-corrected chi connectivity index (χ1v) is 8.98. The van der Waals surface area contributed by atoms with Gasteiger partial charge in [0.05, 0.1) is 0 Å². The fourth-order valence-electron chi connectivity index (χ4n) is 3.67. The van der Waals surface area contributed by atoms with Gasteiger partial charge in [-0.05, 0) is 31.0 Å². The van der Waals surface area contributed by atoms with Crippen LogP contribution in [-0.2, 0) is 13.1 Å². The molecular weight excluding hydrogens is 328 g/mol. The van der Waals surface area contributed by atoms with Crippen LogP contribution in [0.3, 0.4) is 0 Å². The van der Waals surface area contributed by atoms with Crippen LogP contribution in [0.1, 0.15) is 38.3 Å². The molecule has 0 unspecified atom stereocenters. The Kier molecular flexibility index (Phi) is 5.98. The number of amides is 1. The molecule has 6 heteroatoms. The predicted octanol–water partition coefficient (Wildman–Crippen LogP) is 2.79. The molecule has 1 fully saturated rings. The lowest BCUT2D eigenvalue weighted by Gasteiger charge is -2.44. The van der Waals surface area contributed by atoms with Crippen LogP contribution in [0.2, 0.25) is 0 Å². The molecule has 2 atom stereocenters. The number of pyridine rings is 1. The number of aromatic nitrogens is 1. The summed E-state index contributed by atoms with van der Waals surface area (Å²) in [7, 11) is 0. The molecule has 2 aromatic rings. The standard InChI is InChI=1S/C20H26N4O2.2H2/c1-15-11-23(13-18-8-9-19(21-10-18)20(25)22-26)12-16(2)24(15)14-17-6-4-3-5-7-17;;/h3-10,15-16,26H,11-14H2,1-2H3,(H,22,25);2*1H/t15-,16+;;. The van der Waals surface area contributed by atoms with E-state index in [0.29, 0.717) is 12.1 Å². The number of hydroxylamine groups is 1. The maximum absolute atomic E-state index is 11.3. The molecule has 1 aliphatic heterocycles. The van der Waals surface area contributed by atoms with Gasteiger partial charge in [-0.1, -0.05) is 36.4 Å². The van der Waals surface area contributed by atoms with Crippen molar-refractivity contribution in [2.45, 2.75) is 39.0 Å². The molecule has 1 aliphatic rings. The van der Waals surface area contributed by atoms with Crippen molar-refractivity contribution in [1.29, 1.82) is 0 Å². The fourth-order valence-corrected chi connectivity index (χ4v) is 3.67. The van der Waals surface area contributed by atoms with Crippen LogP contribution in [0.25, 0.3) is 0 Å². The zero-order valence-electron chi connectivity index (χ0n) is 15.3. The SMILES string of the molecule is C[C@@H]1CN(Cc2ccc(C(=O)NO)nc2)C[C@H](C)N1Cc1ccccc1.[HH].[HH]. The van der Waals surface area contributed by atoms with E-state index in [1.165, 1.54) is 5.56 Å². The topological polar surface area (TPSA) is 68.7 Å². The van der Waals surface area contributed by atoms with Gasteiger partial charge in [-0.15, -0.1) is 0 Å². The van der Waals surface area contributed by atoms with Crippen LogP contribution in [0, 0.1) is 0 Å². The molecular formula is C20H30N4O2. The van der Waals surface area contributed by atoms with Crippen molar-refractivity contribution < 1.29 is 12.9 Å². The second-order valence-corrected chi connectivity index (χ2v) is 7.04. The molecule has 3 rings (SSSR count). The van der Waals surface area contributed by atoms with Crippen molar-refractivity contribution in [3.63, 3.8) is 0 Å². The monoisotopic (exact) mass is 358 g/mol. The molecule has 0 spiro atoms. The summed E-state index contributed by atoms with van der Waals surface area (Å²) < 4.78 is 0. The molecule has 1 aromatic carbocycles. The van der Waals surface area contributed by atoms with Gasteiger partial charge in [0.1, 0.15) is 5.69 Å². The van der Waals surface area contributed by atoms with Gasteiger partial charge in [-0.25, -0.2) is 5.48 Å². The van der Waals surface area contributed by atoms with Crippen LogP contribution in [0.15, 0.2) is 48.7 Å². The summed E-state index contributed by atoms with van der Waals surface area (Å²) in [6.45, 7) is 8.33. The third-order valence-electron chi connectivity index (χ3n) is 4.95. The van der Waals surface area contributed by atoms with Crippen molar-refractivity contribution in [3.05, 3.63) is 65.5 Å². The van der Waals surface area contributed by atoms with Crippen molar-refractivity contribution >= 4 is 5.91 Å². The molecule has 142 valence electrons. The highest BCUT2D eigenvalue weighted by atomic mass is 16.5. The number of nitrogens with one attached hydrogen (secondary N) is 1. The number of carbonyl (C=O) groups excluding carboxylic acids is 1. The van der Waals surface area contributed by atoms with Crippen molar-refractivity contribution in [1.82, 2.24) is 20.3 Å². The summed E-state index contributed by atoms with van der Waals surface area (Å²) in [5.74, 6) is -0.590. The van der Waals surface area contributed by atoms with E-state index < -0.39 is 5.91 Å². The largest absolute Gasteiger partial charge is 0.296 e. The summed E-state index contributed by atoms with van der Waals surface area (Å²) in [4.78, 5) is 20.4. The number of nitrogens with zero attached hydrogens (tertiary/aromatic N) is 3. The molecule has 2 N–H and O–H groups in total. The molecule has 0 radical (unpaired) electrons. The van der Waals surface area contributed by atoms with E-state index in [1.54, 1.807) is 17.7 Å². The minimum atomic E-state index is -0.590. The van der Waals surface area contributed by atoms with E-state index in [-0.39, 0.29) is 8.55 Å². The number of rotatable bonds is 5. The summed E-state index contributed by atoms with van der Waals surface area (Å²) in [6, 6.07) is 15.1.